The van der Waals surface area contributed by atoms with Crippen molar-refractivity contribution in [3.63, 3.8) is 0 Å². The van der Waals surface area contributed by atoms with Gasteiger partial charge < -0.3 is 0 Å². The van der Waals surface area contributed by atoms with Gasteiger partial charge >= 0.3 is 0 Å². The molecule has 0 amide bonds. The van der Waals surface area contributed by atoms with Gasteiger partial charge in [0.25, 0.3) is 0 Å². The first-order valence-corrected chi connectivity index (χ1v) is 4.88. The average Bonchev–Trinajstić information content (AvgIpc) is 2.07. The molecule has 0 aromatic heterocycles. The van der Waals surface area contributed by atoms with Crippen LogP contribution >= 0.6 is 0 Å². The summed E-state index contributed by atoms with van der Waals surface area (Å²) in [5.41, 5.74) is 0.977. The zero-order valence-electron chi connectivity index (χ0n) is 9.18. The lowest BCUT2D eigenvalue weighted by Gasteiger charge is -2.23. The molecule has 0 heterocycles. The van der Waals surface area contributed by atoms with Gasteiger partial charge in [0.1, 0.15) is 0 Å². The van der Waals surface area contributed by atoms with E-state index in [1.54, 1.807) is 12.2 Å². The summed E-state index contributed by atoms with van der Waals surface area (Å²) in [6.45, 7) is 7.70. The molecule has 0 aromatic rings. The second-order valence-electron chi connectivity index (χ2n) is 4.53. The normalized spacial score (nSPS) is 18.0. The number of carbonyl (C=O) groups is 2. The number of hydrogen-bond donors (Lipinski definition) is 0. The van der Waals surface area contributed by atoms with Crippen LogP contribution < -0.4 is 0 Å². The molecule has 1 aliphatic carbocycles. The highest BCUT2D eigenvalue weighted by Gasteiger charge is 2.31. The van der Waals surface area contributed by atoms with E-state index >= 15 is 0 Å². The van der Waals surface area contributed by atoms with Crippen LogP contribution in [0.5, 0.6) is 0 Å². The summed E-state index contributed by atoms with van der Waals surface area (Å²) in [5, 5.41) is 0. The SMILES string of the molecule is CCC1=CC=C(C(C)(C)C)C(=O)C1=O. The van der Waals surface area contributed by atoms with E-state index in [0.29, 0.717) is 17.6 Å². The van der Waals surface area contributed by atoms with Crippen LogP contribution in [0.4, 0.5) is 0 Å². The van der Waals surface area contributed by atoms with Crippen LogP contribution in [-0.4, -0.2) is 11.6 Å². The van der Waals surface area contributed by atoms with Crippen LogP contribution in [0.3, 0.4) is 0 Å². The van der Waals surface area contributed by atoms with E-state index < -0.39 is 0 Å². The number of rotatable bonds is 1. The topological polar surface area (TPSA) is 34.1 Å². The maximum Gasteiger partial charge on any atom is 0.229 e. The smallest absolute Gasteiger partial charge is 0.229 e. The third kappa shape index (κ3) is 1.84. The first-order valence-electron chi connectivity index (χ1n) is 4.88. The molecule has 0 spiro atoms. The van der Waals surface area contributed by atoms with Gasteiger partial charge in [0, 0.05) is 11.1 Å². The van der Waals surface area contributed by atoms with Crippen LogP contribution in [-0.2, 0) is 9.59 Å². The number of Topliss-reactive ketones (excluding diaryl/α,β-unsaturated/α-hetero) is 2. The Balaban J connectivity index is 3.14. The highest BCUT2D eigenvalue weighted by Crippen LogP contribution is 2.29. The summed E-state index contributed by atoms with van der Waals surface area (Å²) in [6, 6.07) is 0. The van der Waals surface area contributed by atoms with Crippen molar-refractivity contribution in [1.29, 1.82) is 0 Å². The van der Waals surface area contributed by atoms with Gasteiger partial charge in [-0.05, 0) is 11.8 Å². The molecule has 2 heteroatoms. The van der Waals surface area contributed by atoms with Crippen molar-refractivity contribution in [2.75, 3.05) is 0 Å². The first kappa shape index (κ1) is 10.9. The van der Waals surface area contributed by atoms with Gasteiger partial charge in [0.2, 0.25) is 11.6 Å². The molecule has 2 nitrogen and oxygen atoms in total. The van der Waals surface area contributed by atoms with Crippen molar-refractivity contribution in [2.24, 2.45) is 5.41 Å². The quantitative estimate of drug-likeness (QED) is 0.472. The molecule has 0 radical (unpaired) electrons. The molecule has 1 rings (SSSR count). The molecule has 0 unspecified atom stereocenters. The lowest BCUT2D eigenvalue weighted by molar-refractivity contribution is -0.132. The minimum absolute atomic E-state index is 0.248. The van der Waals surface area contributed by atoms with Crippen molar-refractivity contribution in [2.45, 2.75) is 34.1 Å². The monoisotopic (exact) mass is 192 g/mol. The lowest BCUT2D eigenvalue weighted by atomic mass is 9.79. The highest BCUT2D eigenvalue weighted by molar-refractivity contribution is 6.50. The van der Waals surface area contributed by atoms with Gasteiger partial charge in [-0.25, -0.2) is 0 Å². The largest absolute Gasteiger partial charge is 0.285 e. The van der Waals surface area contributed by atoms with Crippen LogP contribution in [0.25, 0.3) is 0 Å². The van der Waals surface area contributed by atoms with Crippen molar-refractivity contribution >= 4 is 11.6 Å². The first-order chi connectivity index (χ1) is 6.38. The van der Waals surface area contributed by atoms with E-state index in [1.165, 1.54) is 0 Å². The fourth-order valence-electron chi connectivity index (χ4n) is 1.47. The van der Waals surface area contributed by atoms with Gasteiger partial charge in [0.05, 0.1) is 0 Å². The van der Waals surface area contributed by atoms with E-state index in [-0.39, 0.29) is 17.0 Å². The van der Waals surface area contributed by atoms with E-state index in [1.807, 2.05) is 27.7 Å². The van der Waals surface area contributed by atoms with Crippen molar-refractivity contribution in [3.8, 4) is 0 Å². The number of ketones is 2. The summed E-state index contributed by atoms with van der Waals surface area (Å²) < 4.78 is 0. The molecule has 0 aliphatic heterocycles. The van der Waals surface area contributed by atoms with Crippen molar-refractivity contribution in [1.82, 2.24) is 0 Å². The molecule has 0 aromatic carbocycles. The van der Waals surface area contributed by atoms with E-state index in [9.17, 15) is 9.59 Å². The lowest BCUT2D eigenvalue weighted by Crippen LogP contribution is -2.28. The molecule has 0 fully saturated rings. The summed E-state index contributed by atoms with van der Waals surface area (Å²) in [4.78, 5) is 23.2. The van der Waals surface area contributed by atoms with E-state index in [0.717, 1.165) is 0 Å². The molecule has 76 valence electrons. The van der Waals surface area contributed by atoms with Gasteiger partial charge in [-0.2, -0.15) is 0 Å². The molecule has 0 saturated heterocycles. The Morgan fingerprint density at radius 3 is 2.07 bits per heavy atom. The van der Waals surface area contributed by atoms with Gasteiger partial charge in [0.15, 0.2) is 0 Å². The molecular formula is C12H16O2. The van der Waals surface area contributed by atoms with Gasteiger partial charge in [-0.1, -0.05) is 39.8 Å². The van der Waals surface area contributed by atoms with Crippen molar-refractivity contribution in [3.05, 3.63) is 23.3 Å². The standard InChI is InChI=1S/C12H16O2/c1-5-8-6-7-9(12(2,3)4)11(14)10(8)13/h6-7H,5H2,1-4H3. The molecule has 0 saturated carbocycles. The van der Waals surface area contributed by atoms with Crippen molar-refractivity contribution < 1.29 is 9.59 Å². The predicted octanol–water partition coefficient (Wildman–Crippen LogP) is 2.45. The number of carbonyl (C=O) groups excluding carboxylic acids is 2. The second-order valence-corrected chi connectivity index (χ2v) is 4.53. The Labute approximate surface area is 84.7 Å². The third-order valence-electron chi connectivity index (χ3n) is 2.38. The second kappa shape index (κ2) is 3.52. The fraction of sp³-hybridized carbons (Fsp3) is 0.500. The zero-order valence-corrected chi connectivity index (χ0v) is 9.18. The third-order valence-corrected chi connectivity index (χ3v) is 2.38. The molecule has 0 atom stereocenters. The van der Waals surface area contributed by atoms with Gasteiger partial charge in [-0.3, -0.25) is 9.59 Å². The summed E-state index contributed by atoms with van der Waals surface area (Å²) in [7, 11) is 0. The van der Waals surface area contributed by atoms with E-state index in [4.69, 9.17) is 0 Å². The molecule has 0 bridgehead atoms. The molecule has 0 N–H and O–H groups in total. The van der Waals surface area contributed by atoms with Gasteiger partial charge in [-0.15, -0.1) is 0 Å². The number of hydrogen-bond acceptors (Lipinski definition) is 2. The van der Waals surface area contributed by atoms with Crippen LogP contribution in [0.15, 0.2) is 23.3 Å². The minimum Gasteiger partial charge on any atom is -0.285 e. The maximum absolute atomic E-state index is 11.7. The van der Waals surface area contributed by atoms with Crippen LogP contribution in [0, 0.1) is 5.41 Å². The Kier molecular flexibility index (Phi) is 2.74. The Hall–Kier alpha value is -1.18. The van der Waals surface area contributed by atoms with Crippen LogP contribution in [0.2, 0.25) is 0 Å². The molecular weight excluding hydrogens is 176 g/mol. The summed E-state index contributed by atoms with van der Waals surface area (Å²) in [6.07, 6.45) is 4.17. The molecule has 14 heavy (non-hydrogen) atoms. The average molecular weight is 192 g/mol. The Morgan fingerprint density at radius 2 is 1.64 bits per heavy atom. The maximum atomic E-state index is 11.7. The summed E-state index contributed by atoms with van der Waals surface area (Å²) >= 11 is 0. The molecule has 1 aliphatic rings. The highest BCUT2D eigenvalue weighted by atomic mass is 16.2. The Bertz CT molecular complexity index is 338. The summed E-state index contributed by atoms with van der Waals surface area (Å²) in [5.74, 6) is -0.670. The number of allylic oxidation sites excluding steroid dienone is 4. The Morgan fingerprint density at radius 1 is 1.07 bits per heavy atom. The van der Waals surface area contributed by atoms with Crippen LogP contribution in [0.1, 0.15) is 34.1 Å². The van der Waals surface area contributed by atoms with E-state index in [2.05, 4.69) is 0 Å². The zero-order chi connectivity index (χ0) is 10.9. The predicted molar refractivity (Wildman–Crippen MR) is 55.9 cm³/mol. The fourth-order valence-corrected chi connectivity index (χ4v) is 1.47. The minimum atomic E-state index is -0.336.